The first-order valence-electron chi connectivity index (χ1n) is 5.61. The van der Waals surface area contributed by atoms with Crippen molar-refractivity contribution >= 4 is 10.9 Å². The first-order valence-corrected chi connectivity index (χ1v) is 5.61. The van der Waals surface area contributed by atoms with E-state index < -0.39 is 0 Å². The lowest BCUT2D eigenvalue weighted by Crippen LogP contribution is -1.85. The summed E-state index contributed by atoms with van der Waals surface area (Å²) in [7, 11) is 0. The van der Waals surface area contributed by atoms with Crippen molar-refractivity contribution in [1.82, 2.24) is 4.98 Å². The lowest BCUT2D eigenvalue weighted by atomic mass is 10.1. The molecular formula is C15H11NO2. The largest absolute Gasteiger partial charge is 0.508 e. The van der Waals surface area contributed by atoms with Crippen LogP contribution in [0.15, 0.2) is 54.6 Å². The van der Waals surface area contributed by atoms with Crippen LogP contribution >= 0.6 is 0 Å². The monoisotopic (exact) mass is 237 g/mol. The van der Waals surface area contributed by atoms with E-state index in [0.717, 1.165) is 22.2 Å². The predicted molar refractivity (Wildman–Crippen MR) is 70.5 cm³/mol. The topological polar surface area (TPSA) is 53.4 Å². The minimum Gasteiger partial charge on any atom is -0.508 e. The van der Waals surface area contributed by atoms with Crippen LogP contribution in [0.3, 0.4) is 0 Å². The lowest BCUT2D eigenvalue weighted by Gasteiger charge is -2.04. The van der Waals surface area contributed by atoms with Gasteiger partial charge in [0.15, 0.2) is 0 Å². The maximum absolute atomic E-state index is 9.46. The van der Waals surface area contributed by atoms with E-state index in [2.05, 4.69) is 4.98 Å². The predicted octanol–water partition coefficient (Wildman–Crippen LogP) is 3.31. The van der Waals surface area contributed by atoms with E-state index in [1.807, 2.05) is 18.2 Å². The Balaban J connectivity index is 2.16. The average molecular weight is 237 g/mol. The molecule has 0 radical (unpaired) electrons. The second-order valence-corrected chi connectivity index (χ2v) is 4.12. The van der Waals surface area contributed by atoms with Gasteiger partial charge < -0.3 is 10.2 Å². The molecule has 3 heteroatoms. The van der Waals surface area contributed by atoms with Gasteiger partial charge in [-0.15, -0.1) is 0 Å². The number of nitrogens with zero attached hydrogens (tertiary/aromatic N) is 1. The first-order chi connectivity index (χ1) is 8.72. The fraction of sp³-hybridized carbons (Fsp3) is 0. The van der Waals surface area contributed by atoms with Gasteiger partial charge >= 0.3 is 0 Å². The van der Waals surface area contributed by atoms with E-state index in [0.29, 0.717) is 0 Å². The number of phenolic OH excluding ortho intramolecular Hbond substituents is 2. The number of hydrogen-bond donors (Lipinski definition) is 2. The highest BCUT2D eigenvalue weighted by Gasteiger charge is 2.02. The molecule has 0 saturated carbocycles. The van der Waals surface area contributed by atoms with Gasteiger partial charge in [0.05, 0.1) is 11.2 Å². The second kappa shape index (κ2) is 4.04. The molecule has 3 rings (SSSR count). The first kappa shape index (κ1) is 10.6. The molecule has 0 aliphatic rings. The summed E-state index contributed by atoms with van der Waals surface area (Å²) in [6.45, 7) is 0. The van der Waals surface area contributed by atoms with Crippen LogP contribution in [-0.2, 0) is 0 Å². The summed E-state index contributed by atoms with van der Waals surface area (Å²) < 4.78 is 0. The van der Waals surface area contributed by atoms with E-state index in [1.54, 1.807) is 36.4 Å². The molecule has 2 N–H and O–H groups in total. The number of rotatable bonds is 1. The summed E-state index contributed by atoms with van der Waals surface area (Å²) in [4.78, 5) is 4.51. The summed E-state index contributed by atoms with van der Waals surface area (Å²) in [5, 5.41) is 19.7. The molecule has 3 nitrogen and oxygen atoms in total. The molecule has 88 valence electrons. The fourth-order valence-electron chi connectivity index (χ4n) is 1.94. The molecule has 18 heavy (non-hydrogen) atoms. The highest BCUT2D eigenvalue weighted by atomic mass is 16.3. The highest BCUT2D eigenvalue weighted by molar-refractivity contribution is 5.82. The summed E-state index contributed by atoms with van der Waals surface area (Å²) in [5.74, 6) is 0.453. The van der Waals surface area contributed by atoms with Crippen molar-refractivity contribution in [1.29, 1.82) is 0 Å². The van der Waals surface area contributed by atoms with Crippen molar-refractivity contribution in [3.63, 3.8) is 0 Å². The van der Waals surface area contributed by atoms with E-state index in [-0.39, 0.29) is 11.5 Å². The number of benzene rings is 2. The van der Waals surface area contributed by atoms with Crippen LogP contribution in [0.5, 0.6) is 11.5 Å². The average Bonchev–Trinajstić information content (AvgIpc) is 2.38. The quantitative estimate of drug-likeness (QED) is 0.682. The maximum atomic E-state index is 9.46. The number of aromatic hydroxyl groups is 2. The number of hydrogen-bond acceptors (Lipinski definition) is 3. The molecule has 0 bridgehead atoms. The zero-order valence-electron chi connectivity index (χ0n) is 9.54. The molecule has 0 fully saturated rings. The Kier molecular flexibility index (Phi) is 2.38. The lowest BCUT2D eigenvalue weighted by molar-refractivity contribution is 0.475. The van der Waals surface area contributed by atoms with E-state index in [9.17, 15) is 10.2 Å². The summed E-state index contributed by atoms with van der Waals surface area (Å²) in [6, 6.07) is 15.8. The van der Waals surface area contributed by atoms with Gasteiger partial charge in [0.25, 0.3) is 0 Å². The smallest absolute Gasteiger partial charge is 0.116 e. The Labute approximate surface area is 104 Å². The molecule has 2 aromatic carbocycles. The summed E-state index contributed by atoms with van der Waals surface area (Å²) >= 11 is 0. The molecule has 3 aromatic rings. The van der Waals surface area contributed by atoms with Gasteiger partial charge in [0.1, 0.15) is 11.5 Å². The van der Waals surface area contributed by atoms with Crippen LogP contribution in [0, 0.1) is 0 Å². The summed E-state index contributed by atoms with van der Waals surface area (Å²) in [5.41, 5.74) is 2.47. The normalized spacial score (nSPS) is 10.7. The van der Waals surface area contributed by atoms with Gasteiger partial charge in [-0.05, 0) is 36.4 Å². The summed E-state index contributed by atoms with van der Waals surface area (Å²) in [6.07, 6.45) is 0. The number of fused-ring (bicyclic) bond motifs is 1. The van der Waals surface area contributed by atoms with Crippen molar-refractivity contribution in [2.24, 2.45) is 0 Å². The Morgan fingerprint density at radius 1 is 0.778 bits per heavy atom. The Bertz CT molecular complexity index is 723. The van der Waals surface area contributed by atoms with Gasteiger partial charge in [0.2, 0.25) is 0 Å². The van der Waals surface area contributed by atoms with Crippen molar-refractivity contribution in [3.05, 3.63) is 54.6 Å². The molecule has 0 aliphatic heterocycles. The minimum atomic E-state index is 0.222. The van der Waals surface area contributed by atoms with E-state index >= 15 is 0 Å². The SMILES string of the molecule is Oc1cccc(-c2ccc3cc(O)ccc3n2)c1. The van der Waals surface area contributed by atoms with Crippen LogP contribution < -0.4 is 0 Å². The third kappa shape index (κ3) is 1.86. The Morgan fingerprint density at radius 3 is 2.44 bits per heavy atom. The minimum absolute atomic E-state index is 0.222. The van der Waals surface area contributed by atoms with Gasteiger partial charge in [-0.3, -0.25) is 0 Å². The standard InChI is InChI=1S/C15H11NO2/c17-12-3-1-2-10(8-12)14-6-4-11-9-13(18)5-7-15(11)16-14/h1-9,17-18H. The molecule has 0 unspecified atom stereocenters. The Hall–Kier alpha value is -2.55. The van der Waals surface area contributed by atoms with Crippen LogP contribution in [0.4, 0.5) is 0 Å². The molecule has 0 spiro atoms. The molecule has 0 amide bonds. The molecule has 1 aromatic heterocycles. The number of pyridine rings is 1. The maximum Gasteiger partial charge on any atom is 0.116 e. The molecular weight excluding hydrogens is 226 g/mol. The zero-order chi connectivity index (χ0) is 12.5. The van der Waals surface area contributed by atoms with Crippen molar-refractivity contribution in [2.45, 2.75) is 0 Å². The van der Waals surface area contributed by atoms with E-state index in [4.69, 9.17) is 0 Å². The van der Waals surface area contributed by atoms with Crippen molar-refractivity contribution in [3.8, 4) is 22.8 Å². The second-order valence-electron chi connectivity index (χ2n) is 4.12. The Morgan fingerprint density at radius 2 is 1.61 bits per heavy atom. The van der Waals surface area contributed by atoms with Crippen LogP contribution in [0.25, 0.3) is 22.2 Å². The highest BCUT2D eigenvalue weighted by Crippen LogP contribution is 2.25. The van der Waals surface area contributed by atoms with Crippen LogP contribution in [0.2, 0.25) is 0 Å². The third-order valence-corrected chi connectivity index (χ3v) is 2.81. The van der Waals surface area contributed by atoms with Crippen LogP contribution in [0.1, 0.15) is 0 Å². The molecule has 0 saturated heterocycles. The third-order valence-electron chi connectivity index (χ3n) is 2.81. The van der Waals surface area contributed by atoms with Gasteiger partial charge in [0, 0.05) is 10.9 Å². The molecule has 0 aliphatic carbocycles. The van der Waals surface area contributed by atoms with Crippen molar-refractivity contribution < 1.29 is 10.2 Å². The van der Waals surface area contributed by atoms with Gasteiger partial charge in [-0.1, -0.05) is 18.2 Å². The van der Waals surface area contributed by atoms with E-state index in [1.165, 1.54) is 0 Å². The number of aromatic nitrogens is 1. The molecule has 0 atom stereocenters. The zero-order valence-corrected chi connectivity index (χ0v) is 9.54. The van der Waals surface area contributed by atoms with Gasteiger partial charge in [-0.2, -0.15) is 0 Å². The number of phenols is 2. The fourth-order valence-corrected chi connectivity index (χ4v) is 1.94. The van der Waals surface area contributed by atoms with Gasteiger partial charge in [-0.25, -0.2) is 4.98 Å². The van der Waals surface area contributed by atoms with Crippen LogP contribution in [-0.4, -0.2) is 15.2 Å². The molecule has 1 heterocycles. The van der Waals surface area contributed by atoms with Crippen molar-refractivity contribution in [2.75, 3.05) is 0 Å².